The highest BCUT2D eigenvalue weighted by Gasteiger charge is 2.25. The lowest BCUT2D eigenvalue weighted by molar-refractivity contribution is 0.417. The Labute approximate surface area is 122 Å². The van der Waals surface area contributed by atoms with Crippen molar-refractivity contribution in [3.63, 3.8) is 0 Å². The summed E-state index contributed by atoms with van der Waals surface area (Å²) >= 11 is 0. The fourth-order valence-corrected chi connectivity index (χ4v) is 3.65. The third kappa shape index (κ3) is 3.62. The van der Waals surface area contributed by atoms with Gasteiger partial charge < -0.3 is 9.88 Å². The van der Waals surface area contributed by atoms with Gasteiger partial charge >= 0.3 is 0 Å². The minimum atomic E-state index is -3.37. The smallest absolute Gasteiger partial charge is 0.244 e. The molecule has 0 spiro atoms. The molecule has 1 N–H and O–H groups in total. The molecule has 0 bridgehead atoms. The van der Waals surface area contributed by atoms with Crippen molar-refractivity contribution in [2.75, 3.05) is 13.6 Å². The van der Waals surface area contributed by atoms with Crippen molar-refractivity contribution in [1.29, 1.82) is 0 Å². The van der Waals surface area contributed by atoms with Gasteiger partial charge in [-0.05, 0) is 24.8 Å². The minimum Gasteiger partial charge on any atom is -0.352 e. The monoisotopic (exact) mass is 299 g/mol. The molecule has 0 aromatic carbocycles. The SMILES string of the molecule is CC(C)CN(C)S(=O)(=O)c1cc(CNC2CC2)n(C)c1. The largest absolute Gasteiger partial charge is 0.352 e. The predicted octanol–water partition coefficient (Wildman–Crippen LogP) is 1.55. The molecule has 1 aliphatic rings. The fraction of sp³-hybridized carbons (Fsp3) is 0.714. The number of aromatic nitrogens is 1. The van der Waals surface area contributed by atoms with Crippen molar-refractivity contribution in [2.45, 2.75) is 44.2 Å². The molecule has 20 heavy (non-hydrogen) atoms. The van der Waals surface area contributed by atoms with E-state index in [0.717, 1.165) is 12.2 Å². The van der Waals surface area contributed by atoms with Crippen molar-refractivity contribution in [1.82, 2.24) is 14.2 Å². The van der Waals surface area contributed by atoms with E-state index in [4.69, 9.17) is 0 Å². The van der Waals surface area contributed by atoms with E-state index in [2.05, 4.69) is 5.32 Å². The highest BCUT2D eigenvalue weighted by atomic mass is 32.2. The Morgan fingerprint density at radius 1 is 1.45 bits per heavy atom. The van der Waals surface area contributed by atoms with Gasteiger partial charge in [0.25, 0.3) is 0 Å². The van der Waals surface area contributed by atoms with Gasteiger partial charge in [-0.15, -0.1) is 0 Å². The molecule has 1 aliphatic carbocycles. The molecule has 0 atom stereocenters. The van der Waals surface area contributed by atoms with Crippen LogP contribution in [-0.2, 0) is 23.6 Å². The van der Waals surface area contributed by atoms with Gasteiger partial charge in [-0.1, -0.05) is 13.8 Å². The van der Waals surface area contributed by atoms with Crippen molar-refractivity contribution in [3.05, 3.63) is 18.0 Å². The topological polar surface area (TPSA) is 54.3 Å². The van der Waals surface area contributed by atoms with Crippen molar-refractivity contribution in [2.24, 2.45) is 13.0 Å². The Bertz CT molecular complexity index is 559. The molecule has 1 aromatic rings. The maximum absolute atomic E-state index is 12.5. The summed E-state index contributed by atoms with van der Waals surface area (Å²) in [7, 11) is 0.164. The molecule has 1 heterocycles. The zero-order chi connectivity index (χ0) is 14.9. The molecule has 0 saturated heterocycles. The summed E-state index contributed by atoms with van der Waals surface area (Å²) in [6.07, 6.45) is 4.16. The molecule has 6 heteroatoms. The number of hydrogen-bond acceptors (Lipinski definition) is 3. The van der Waals surface area contributed by atoms with E-state index < -0.39 is 10.0 Å². The first-order valence-corrected chi connectivity index (χ1v) is 8.59. The van der Waals surface area contributed by atoms with Gasteiger partial charge in [-0.3, -0.25) is 0 Å². The first kappa shape index (κ1) is 15.5. The second-order valence-corrected chi connectivity index (χ2v) is 8.16. The van der Waals surface area contributed by atoms with E-state index in [0.29, 0.717) is 23.4 Å². The van der Waals surface area contributed by atoms with Crippen LogP contribution in [0.2, 0.25) is 0 Å². The zero-order valence-electron chi connectivity index (χ0n) is 12.8. The average Bonchev–Trinajstić information content (AvgIpc) is 3.09. The third-order valence-electron chi connectivity index (χ3n) is 3.56. The van der Waals surface area contributed by atoms with Crippen LogP contribution in [0.3, 0.4) is 0 Å². The van der Waals surface area contributed by atoms with Crippen LogP contribution in [0.4, 0.5) is 0 Å². The number of sulfonamides is 1. The number of nitrogens with one attached hydrogen (secondary N) is 1. The molecule has 2 rings (SSSR count). The molecule has 1 aromatic heterocycles. The van der Waals surface area contributed by atoms with E-state index in [1.54, 1.807) is 19.3 Å². The van der Waals surface area contributed by atoms with Crippen LogP contribution in [0.15, 0.2) is 17.2 Å². The lowest BCUT2D eigenvalue weighted by Gasteiger charge is -2.18. The summed E-state index contributed by atoms with van der Waals surface area (Å²) in [4.78, 5) is 0.385. The molecule has 1 fully saturated rings. The number of hydrogen-bond donors (Lipinski definition) is 1. The minimum absolute atomic E-state index is 0.314. The van der Waals surface area contributed by atoms with E-state index in [1.165, 1.54) is 17.1 Å². The molecule has 0 radical (unpaired) electrons. The Morgan fingerprint density at radius 3 is 2.65 bits per heavy atom. The van der Waals surface area contributed by atoms with Gasteiger partial charge in [0, 0.05) is 45.1 Å². The van der Waals surface area contributed by atoms with Crippen molar-refractivity contribution >= 4 is 10.0 Å². The third-order valence-corrected chi connectivity index (χ3v) is 5.35. The van der Waals surface area contributed by atoms with E-state index in [9.17, 15) is 8.42 Å². The molecule has 114 valence electrons. The summed E-state index contributed by atoms with van der Waals surface area (Å²) in [5.41, 5.74) is 1.01. The predicted molar refractivity (Wildman–Crippen MR) is 79.9 cm³/mol. The van der Waals surface area contributed by atoms with Gasteiger partial charge in [0.15, 0.2) is 0 Å². The Morgan fingerprint density at radius 2 is 2.10 bits per heavy atom. The van der Waals surface area contributed by atoms with Crippen molar-refractivity contribution in [3.8, 4) is 0 Å². The Kier molecular flexibility index (Phi) is 4.56. The van der Waals surface area contributed by atoms with Crippen LogP contribution in [0.1, 0.15) is 32.4 Å². The first-order valence-electron chi connectivity index (χ1n) is 7.15. The number of rotatable bonds is 7. The first-order chi connectivity index (χ1) is 9.30. The van der Waals surface area contributed by atoms with Crippen LogP contribution in [-0.4, -0.2) is 36.9 Å². The molecule has 5 nitrogen and oxygen atoms in total. The van der Waals surface area contributed by atoms with Gasteiger partial charge in [0.2, 0.25) is 10.0 Å². The van der Waals surface area contributed by atoms with Crippen LogP contribution in [0.25, 0.3) is 0 Å². The fourth-order valence-electron chi connectivity index (χ4n) is 2.22. The second-order valence-electron chi connectivity index (χ2n) is 6.11. The molecule has 0 aliphatic heterocycles. The summed E-state index contributed by atoms with van der Waals surface area (Å²) in [5.74, 6) is 0.314. The van der Waals surface area contributed by atoms with Crippen molar-refractivity contribution < 1.29 is 8.42 Å². The van der Waals surface area contributed by atoms with Crippen LogP contribution in [0, 0.1) is 5.92 Å². The summed E-state index contributed by atoms with van der Waals surface area (Å²) < 4.78 is 28.3. The highest BCUT2D eigenvalue weighted by Crippen LogP contribution is 2.21. The quantitative estimate of drug-likeness (QED) is 0.831. The Hall–Kier alpha value is -0.850. The van der Waals surface area contributed by atoms with Gasteiger partial charge in [0.05, 0.1) is 0 Å². The average molecular weight is 299 g/mol. The van der Waals surface area contributed by atoms with Gasteiger partial charge in [-0.2, -0.15) is 0 Å². The van der Waals surface area contributed by atoms with Gasteiger partial charge in [0.1, 0.15) is 4.90 Å². The standard InChI is InChI=1S/C14H25N3O2S/c1-11(2)9-17(4)20(18,19)14-7-13(16(3)10-14)8-15-12-5-6-12/h7,10-12,15H,5-6,8-9H2,1-4H3. The van der Waals surface area contributed by atoms with Crippen LogP contribution in [0.5, 0.6) is 0 Å². The summed E-state index contributed by atoms with van der Waals surface area (Å²) in [6, 6.07) is 2.40. The van der Waals surface area contributed by atoms with E-state index >= 15 is 0 Å². The molecule has 0 amide bonds. The molecule has 0 unspecified atom stereocenters. The van der Waals surface area contributed by atoms with E-state index in [1.807, 2.05) is 25.5 Å². The maximum atomic E-state index is 12.5. The number of aryl methyl sites for hydroxylation is 1. The second kappa shape index (κ2) is 5.87. The zero-order valence-corrected chi connectivity index (χ0v) is 13.6. The highest BCUT2D eigenvalue weighted by molar-refractivity contribution is 7.89. The molecule has 1 saturated carbocycles. The lowest BCUT2D eigenvalue weighted by Crippen LogP contribution is -2.30. The molecular formula is C14H25N3O2S. The summed E-state index contributed by atoms with van der Waals surface area (Å²) in [5, 5.41) is 3.41. The van der Waals surface area contributed by atoms with Crippen LogP contribution < -0.4 is 5.32 Å². The Balaban J connectivity index is 2.12. The maximum Gasteiger partial charge on any atom is 0.244 e. The summed E-state index contributed by atoms with van der Waals surface area (Å²) in [6.45, 7) is 5.29. The van der Waals surface area contributed by atoms with Gasteiger partial charge in [-0.25, -0.2) is 12.7 Å². The normalized spacial score (nSPS) is 16.3. The van der Waals surface area contributed by atoms with Crippen LogP contribution >= 0.6 is 0 Å². The lowest BCUT2D eigenvalue weighted by atomic mass is 10.2. The van der Waals surface area contributed by atoms with E-state index in [-0.39, 0.29) is 0 Å². The molecular weight excluding hydrogens is 274 g/mol. The number of nitrogens with zero attached hydrogens (tertiary/aromatic N) is 2.